The maximum absolute atomic E-state index is 13.2. The Kier molecular flexibility index (Phi) is 7.40. The summed E-state index contributed by atoms with van der Waals surface area (Å²) in [6.07, 6.45) is 5.51. The highest BCUT2D eigenvalue weighted by Crippen LogP contribution is 2.17. The summed E-state index contributed by atoms with van der Waals surface area (Å²) in [4.78, 5) is 14.5. The predicted molar refractivity (Wildman–Crippen MR) is 109 cm³/mol. The lowest BCUT2D eigenvalue weighted by Gasteiger charge is -2.23. The first-order valence-electron chi connectivity index (χ1n) is 10.3. The largest absolute Gasteiger partial charge is 1.00 e. The van der Waals surface area contributed by atoms with Crippen molar-refractivity contribution in [1.29, 1.82) is 0 Å². The van der Waals surface area contributed by atoms with Gasteiger partial charge in [-0.2, -0.15) is 5.10 Å². The van der Waals surface area contributed by atoms with Crippen LogP contribution >= 0.6 is 0 Å². The van der Waals surface area contributed by atoms with Gasteiger partial charge in [0.25, 0.3) is 5.56 Å². The molecule has 1 aliphatic heterocycles. The van der Waals surface area contributed by atoms with Gasteiger partial charge in [-0.15, -0.1) is 0 Å². The van der Waals surface area contributed by atoms with E-state index in [1.807, 2.05) is 24.3 Å². The van der Waals surface area contributed by atoms with Crippen molar-refractivity contribution < 1.29 is 21.7 Å². The second kappa shape index (κ2) is 9.99. The van der Waals surface area contributed by atoms with Crippen LogP contribution in [0.1, 0.15) is 36.9 Å². The molecule has 0 unspecified atom stereocenters. The highest BCUT2D eigenvalue weighted by molar-refractivity contribution is 5.83. The zero-order chi connectivity index (χ0) is 19.3. The molecule has 1 fully saturated rings. The Morgan fingerprint density at radius 2 is 1.66 bits per heavy atom. The summed E-state index contributed by atoms with van der Waals surface area (Å²) in [5.41, 5.74) is 1.83. The number of piperidine rings is 1. The van der Waals surface area contributed by atoms with Gasteiger partial charge in [-0.25, -0.2) is 9.07 Å². The number of hydrogen-bond acceptors (Lipinski definition) is 2. The molecule has 0 amide bonds. The first-order chi connectivity index (χ1) is 13.7. The second-order valence-corrected chi connectivity index (χ2v) is 7.74. The van der Waals surface area contributed by atoms with Crippen LogP contribution in [0.5, 0.6) is 0 Å². The number of nitrogens with zero attached hydrogens (tertiary/aromatic N) is 2. The van der Waals surface area contributed by atoms with Crippen LogP contribution in [0.25, 0.3) is 10.8 Å². The van der Waals surface area contributed by atoms with Gasteiger partial charge in [0.1, 0.15) is 5.82 Å². The molecule has 154 valence electrons. The molecule has 1 aromatic heterocycles. The number of benzene rings is 2. The van der Waals surface area contributed by atoms with Gasteiger partial charge in [0.2, 0.25) is 0 Å². The third-order valence-electron chi connectivity index (χ3n) is 5.69. The van der Waals surface area contributed by atoms with Crippen molar-refractivity contribution in [2.75, 3.05) is 19.6 Å². The summed E-state index contributed by atoms with van der Waals surface area (Å²) in [6, 6.07) is 14.1. The fraction of sp³-hybridized carbons (Fsp3) is 0.391. The maximum atomic E-state index is 13.2. The molecule has 4 nitrogen and oxygen atoms in total. The Morgan fingerprint density at radius 3 is 2.38 bits per heavy atom. The van der Waals surface area contributed by atoms with E-state index < -0.39 is 0 Å². The summed E-state index contributed by atoms with van der Waals surface area (Å²) < 4.78 is 14.9. The van der Waals surface area contributed by atoms with Crippen molar-refractivity contribution in [2.45, 2.75) is 38.6 Å². The van der Waals surface area contributed by atoms with E-state index >= 15 is 0 Å². The highest BCUT2D eigenvalue weighted by Gasteiger charge is 2.14. The smallest absolute Gasteiger partial charge is 0.274 e. The van der Waals surface area contributed by atoms with E-state index in [9.17, 15) is 9.18 Å². The minimum Gasteiger partial charge on any atom is -1.00 e. The van der Waals surface area contributed by atoms with Crippen molar-refractivity contribution >= 4 is 10.8 Å². The lowest BCUT2D eigenvalue weighted by atomic mass is 10.0. The van der Waals surface area contributed by atoms with Crippen LogP contribution in [-0.4, -0.2) is 29.4 Å². The summed E-state index contributed by atoms with van der Waals surface area (Å²) >= 11 is 0. The number of rotatable bonds is 6. The van der Waals surface area contributed by atoms with E-state index in [-0.39, 0.29) is 23.8 Å². The van der Waals surface area contributed by atoms with Crippen LogP contribution < -0.4 is 22.9 Å². The van der Waals surface area contributed by atoms with Gasteiger partial charge in [0, 0.05) is 18.2 Å². The molecule has 0 saturated carbocycles. The average molecular weight is 416 g/mol. The quantitative estimate of drug-likeness (QED) is 0.594. The van der Waals surface area contributed by atoms with Crippen molar-refractivity contribution in [2.24, 2.45) is 0 Å². The summed E-state index contributed by atoms with van der Waals surface area (Å²) in [6.45, 7) is 4.23. The van der Waals surface area contributed by atoms with Crippen LogP contribution in [0.2, 0.25) is 0 Å². The van der Waals surface area contributed by atoms with Gasteiger partial charge in [0.05, 0.1) is 37.3 Å². The minimum absolute atomic E-state index is 0. The van der Waals surface area contributed by atoms with Crippen LogP contribution in [-0.2, 0) is 13.0 Å². The van der Waals surface area contributed by atoms with E-state index in [1.165, 1.54) is 44.5 Å². The molecule has 0 aliphatic carbocycles. The van der Waals surface area contributed by atoms with Gasteiger partial charge < -0.3 is 17.3 Å². The van der Waals surface area contributed by atoms with Crippen molar-refractivity contribution in [3.05, 3.63) is 76.0 Å². The molecule has 1 saturated heterocycles. The molecular weight excluding hydrogens is 389 g/mol. The molecule has 4 rings (SSSR count). The van der Waals surface area contributed by atoms with E-state index in [1.54, 1.807) is 21.7 Å². The molecule has 0 radical (unpaired) electrons. The fourth-order valence-electron chi connectivity index (χ4n) is 4.16. The van der Waals surface area contributed by atoms with E-state index in [0.717, 1.165) is 29.6 Å². The zero-order valence-corrected chi connectivity index (χ0v) is 17.3. The number of aromatic nitrogens is 2. The SMILES string of the molecule is O=c1c2ccccc2c(Cc2ccc(F)cc2)nn1CCC[NH+]1CCCCC1.[Cl-]. The highest BCUT2D eigenvalue weighted by atomic mass is 35.5. The molecule has 0 spiro atoms. The summed E-state index contributed by atoms with van der Waals surface area (Å²) in [7, 11) is 0. The molecule has 1 aliphatic rings. The number of aryl methyl sites for hydroxylation is 1. The Labute approximate surface area is 176 Å². The molecule has 0 bridgehead atoms. The van der Waals surface area contributed by atoms with Gasteiger partial charge in [-0.3, -0.25) is 4.79 Å². The molecule has 0 atom stereocenters. The number of likely N-dealkylation sites (tertiary alicyclic amines) is 1. The maximum Gasteiger partial charge on any atom is 0.274 e. The van der Waals surface area contributed by atoms with Crippen molar-refractivity contribution in [3.63, 3.8) is 0 Å². The van der Waals surface area contributed by atoms with Crippen molar-refractivity contribution in [1.82, 2.24) is 9.78 Å². The minimum atomic E-state index is -0.244. The third kappa shape index (κ3) is 5.22. The number of hydrogen-bond donors (Lipinski definition) is 1. The second-order valence-electron chi connectivity index (χ2n) is 7.74. The Bertz CT molecular complexity index is 997. The monoisotopic (exact) mass is 415 g/mol. The molecule has 2 aromatic carbocycles. The molecule has 6 heteroatoms. The standard InChI is InChI=1S/C23H26FN3O.ClH/c24-19-11-9-18(10-12-19)17-22-20-7-2-3-8-21(20)23(28)27(25-22)16-6-15-26-13-4-1-5-14-26;/h2-3,7-12H,1,4-6,13-17H2;1H. The number of nitrogens with one attached hydrogen (secondary N) is 1. The predicted octanol–water partition coefficient (Wildman–Crippen LogP) is -0.411. The fourth-order valence-corrected chi connectivity index (χ4v) is 4.16. The number of halogens is 2. The molecule has 29 heavy (non-hydrogen) atoms. The Morgan fingerprint density at radius 1 is 0.966 bits per heavy atom. The lowest BCUT2D eigenvalue weighted by Crippen LogP contribution is -3.12. The van der Waals surface area contributed by atoms with E-state index in [2.05, 4.69) is 0 Å². The van der Waals surface area contributed by atoms with Crippen LogP contribution in [0.15, 0.2) is 53.3 Å². The van der Waals surface area contributed by atoms with E-state index in [0.29, 0.717) is 18.4 Å². The normalized spacial score (nSPS) is 14.7. The first-order valence-corrected chi connectivity index (χ1v) is 10.3. The van der Waals surface area contributed by atoms with Gasteiger partial charge in [-0.1, -0.05) is 30.3 Å². The third-order valence-corrected chi connectivity index (χ3v) is 5.69. The first kappa shape index (κ1) is 21.5. The van der Waals surface area contributed by atoms with Crippen LogP contribution in [0.4, 0.5) is 4.39 Å². The van der Waals surface area contributed by atoms with Gasteiger partial charge >= 0.3 is 0 Å². The number of fused-ring (bicyclic) bond motifs is 1. The topological polar surface area (TPSA) is 39.3 Å². The van der Waals surface area contributed by atoms with Crippen molar-refractivity contribution in [3.8, 4) is 0 Å². The lowest BCUT2D eigenvalue weighted by molar-refractivity contribution is -0.905. The molecular formula is C23H27ClFN3O. The van der Waals surface area contributed by atoms with Gasteiger partial charge in [-0.05, 0) is 43.0 Å². The summed E-state index contributed by atoms with van der Waals surface area (Å²) in [5.74, 6) is -0.244. The van der Waals surface area contributed by atoms with Gasteiger partial charge in [0.15, 0.2) is 0 Å². The van der Waals surface area contributed by atoms with Crippen LogP contribution in [0, 0.1) is 5.82 Å². The number of quaternary nitrogens is 1. The molecule has 2 heterocycles. The van der Waals surface area contributed by atoms with Crippen LogP contribution in [0.3, 0.4) is 0 Å². The summed E-state index contributed by atoms with van der Waals surface area (Å²) in [5, 5.41) is 6.29. The molecule has 1 N–H and O–H groups in total. The Hall–Kier alpha value is -2.24. The Balaban J connectivity index is 0.00000240. The van der Waals surface area contributed by atoms with E-state index in [4.69, 9.17) is 5.10 Å². The average Bonchev–Trinajstić information content (AvgIpc) is 2.73. The zero-order valence-electron chi connectivity index (χ0n) is 16.5. The molecule has 3 aromatic rings.